The highest BCUT2D eigenvalue weighted by molar-refractivity contribution is 5.68. The second kappa shape index (κ2) is 4.00. The number of carbonyl (C=O) groups excluding carboxylic acids is 1. The molecule has 0 bridgehead atoms. The maximum atomic E-state index is 11.6. The lowest BCUT2D eigenvalue weighted by atomic mass is 9.73. The fourth-order valence-electron chi connectivity index (χ4n) is 3.03. The molecule has 0 aliphatic carbocycles. The van der Waals surface area contributed by atoms with Gasteiger partial charge in [0.25, 0.3) is 0 Å². The standard InChI is InChI=1S/C11H20N2O2/c1-9-11(5-6-12-8-11)4-3-7-13(9)10(14)15-2/h9,12H,3-8H2,1-2H3. The van der Waals surface area contributed by atoms with Crippen LogP contribution in [0.15, 0.2) is 0 Å². The number of hydrogen-bond acceptors (Lipinski definition) is 3. The summed E-state index contributed by atoms with van der Waals surface area (Å²) in [6.07, 6.45) is 3.34. The number of rotatable bonds is 0. The Labute approximate surface area is 91.0 Å². The van der Waals surface area contributed by atoms with Crippen molar-refractivity contribution < 1.29 is 9.53 Å². The summed E-state index contributed by atoms with van der Waals surface area (Å²) >= 11 is 0. The quantitative estimate of drug-likeness (QED) is 0.656. The first kappa shape index (κ1) is 10.7. The minimum Gasteiger partial charge on any atom is -0.453 e. The SMILES string of the molecule is COC(=O)N1CCCC2(CCNC2)C1C. The zero-order valence-electron chi connectivity index (χ0n) is 9.58. The minimum absolute atomic E-state index is 0.173. The largest absolute Gasteiger partial charge is 0.453 e. The van der Waals surface area contributed by atoms with Crippen LogP contribution >= 0.6 is 0 Å². The van der Waals surface area contributed by atoms with Crippen molar-refractivity contribution in [3.05, 3.63) is 0 Å². The van der Waals surface area contributed by atoms with Crippen molar-refractivity contribution in [1.29, 1.82) is 0 Å². The Bertz CT molecular complexity index is 249. The number of methoxy groups -OCH3 is 1. The van der Waals surface area contributed by atoms with E-state index < -0.39 is 0 Å². The third-order valence-corrected chi connectivity index (χ3v) is 4.11. The fourth-order valence-corrected chi connectivity index (χ4v) is 3.03. The number of carbonyl (C=O) groups is 1. The summed E-state index contributed by atoms with van der Waals surface area (Å²) in [7, 11) is 1.46. The lowest BCUT2D eigenvalue weighted by molar-refractivity contribution is 0.0313. The smallest absolute Gasteiger partial charge is 0.409 e. The van der Waals surface area contributed by atoms with Crippen LogP contribution in [0.5, 0.6) is 0 Å². The van der Waals surface area contributed by atoms with E-state index in [1.165, 1.54) is 20.0 Å². The van der Waals surface area contributed by atoms with Crippen LogP contribution in [0, 0.1) is 5.41 Å². The molecule has 2 unspecified atom stereocenters. The van der Waals surface area contributed by atoms with Gasteiger partial charge in [0.2, 0.25) is 0 Å². The van der Waals surface area contributed by atoms with E-state index >= 15 is 0 Å². The molecule has 1 spiro atoms. The summed E-state index contributed by atoms with van der Waals surface area (Å²) in [4.78, 5) is 13.5. The van der Waals surface area contributed by atoms with Crippen molar-refractivity contribution in [2.45, 2.75) is 32.2 Å². The number of nitrogens with zero attached hydrogens (tertiary/aromatic N) is 1. The molecule has 4 nitrogen and oxygen atoms in total. The third-order valence-electron chi connectivity index (χ3n) is 4.11. The highest BCUT2D eigenvalue weighted by Crippen LogP contribution is 2.40. The van der Waals surface area contributed by atoms with Gasteiger partial charge in [0, 0.05) is 24.5 Å². The van der Waals surface area contributed by atoms with E-state index in [0.717, 1.165) is 26.1 Å². The van der Waals surface area contributed by atoms with Crippen molar-refractivity contribution in [3.8, 4) is 0 Å². The van der Waals surface area contributed by atoms with Gasteiger partial charge in [-0.25, -0.2) is 4.79 Å². The van der Waals surface area contributed by atoms with Crippen LogP contribution in [0.4, 0.5) is 4.79 Å². The molecular formula is C11H20N2O2. The molecule has 1 amide bonds. The molecule has 86 valence electrons. The van der Waals surface area contributed by atoms with E-state index in [2.05, 4.69) is 12.2 Å². The average Bonchev–Trinajstić information content (AvgIpc) is 2.71. The molecule has 4 heteroatoms. The molecule has 2 atom stereocenters. The summed E-state index contributed by atoms with van der Waals surface area (Å²) < 4.78 is 4.83. The van der Waals surface area contributed by atoms with Crippen LogP contribution in [0.1, 0.15) is 26.2 Å². The van der Waals surface area contributed by atoms with Crippen molar-refractivity contribution in [1.82, 2.24) is 10.2 Å². The molecule has 1 N–H and O–H groups in total. The zero-order chi connectivity index (χ0) is 10.9. The molecule has 2 heterocycles. The molecule has 2 rings (SSSR count). The van der Waals surface area contributed by atoms with E-state index in [0.29, 0.717) is 11.5 Å². The van der Waals surface area contributed by atoms with Gasteiger partial charge in [-0.1, -0.05) is 0 Å². The van der Waals surface area contributed by atoms with Crippen molar-refractivity contribution >= 4 is 6.09 Å². The Balaban J connectivity index is 2.12. The predicted octanol–water partition coefficient (Wildman–Crippen LogP) is 1.22. The maximum absolute atomic E-state index is 11.6. The number of likely N-dealkylation sites (tertiary alicyclic amines) is 1. The summed E-state index contributed by atoms with van der Waals surface area (Å²) in [5, 5.41) is 3.41. The lowest BCUT2D eigenvalue weighted by Gasteiger charge is -2.45. The number of hydrogen-bond donors (Lipinski definition) is 1. The molecule has 0 saturated carbocycles. The van der Waals surface area contributed by atoms with E-state index in [4.69, 9.17) is 4.74 Å². The highest BCUT2D eigenvalue weighted by Gasteiger charge is 2.45. The monoisotopic (exact) mass is 212 g/mol. The predicted molar refractivity (Wildman–Crippen MR) is 57.7 cm³/mol. The van der Waals surface area contributed by atoms with Gasteiger partial charge in [0.15, 0.2) is 0 Å². The van der Waals surface area contributed by atoms with Gasteiger partial charge >= 0.3 is 6.09 Å². The normalized spacial score (nSPS) is 35.9. The van der Waals surface area contributed by atoms with Crippen molar-refractivity contribution in [2.75, 3.05) is 26.7 Å². The van der Waals surface area contributed by atoms with Crippen LogP contribution in [0.25, 0.3) is 0 Å². The molecule has 2 saturated heterocycles. The summed E-state index contributed by atoms with van der Waals surface area (Å²) in [6.45, 7) is 5.12. The highest BCUT2D eigenvalue weighted by atomic mass is 16.5. The van der Waals surface area contributed by atoms with Gasteiger partial charge in [-0.3, -0.25) is 0 Å². The van der Waals surface area contributed by atoms with E-state index in [1.54, 1.807) is 0 Å². The van der Waals surface area contributed by atoms with Crippen LogP contribution in [0.3, 0.4) is 0 Å². The molecule has 0 radical (unpaired) electrons. The average molecular weight is 212 g/mol. The fraction of sp³-hybridized carbons (Fsp3) is 0.909. The van der Waals surface area contributed by atoms with Crippen LogP contribution in [-0.2, 0) is 4.74 Å². The number of ether oxygens (including phenoxy) is 1. The topological polar surface area (TPSA) is 41.6 Å². The van der Waals surface area contributed by atoms with Crippen molar-refractivity contribution in [3.63, 3.8) is 0 Å². The molecular weight excluding hydrogens is 192 g/mol. The first-order chi connectivity index (χ1) is 7.19. The summed E-state index contributed by atoms with van der Waals surface area (Å²) in [5.41, 5.74) is 0.298. The van der Waals surface area contributed by atoms with Gasteiger partial charge < -0.3 is 15.0 Å². The Kier molecular flexibility index (Phi) is 2.87. The van der Waals surface area contributed by atoms with Crippen LogP contribution in [-0.4, -0.2) is 43.8 Å². The van der Waals surface area contributed by atoms with Gasteiger partial charge in [0.05, 0.1) is 7.11 Å². The maximum Gasteiger partial charge on any atom is 0.409 e. The van der Waals surface area contributed by atoms with Gasteiger partial charge in [-0.15, -0.1) is 0 Å². The first-order valence-electron chi connectivity index (χ1n) is 5.75. The number of piperidine rings is 1. The molecule has 2 aliphatic rings. The number of nitrogens with one attached hydrogen (secondary N) is 1. The van der Waals surface area contributed by atoms with E-state index in [1.807, 2.05) is 4.90 Å². The van der Waals surface area contributed by atoms with E-state index in [9.17, 15) is 4.79 Å². The Morgan fingerprint density at radius 3 is 2.93 bits per heavy atom. The summed E-state index contributed by atoms with van der Waals surface area (Å²) in [6, 6.07) is 0.300. The second-order valence-corrected chi connectivity index (χ2v) is 4.73. The Morgan fingerprint density at radius 1 is 1.53 bits per heavy atom. The number of amides is 1. The van der Waals surface area contributed by atoms with E-state index in [-0.39, 0.29) is 6.09 Å². The first-order valence-corrected chi connectivity index (χ1v) is 5.75. The minimum atomic E-state index is -0.173. The van der Waals surface area contributed by atoms with Gasteiger partial charge in [0.1, 0.15) is 0 Å². The Morgan fingerprint density at radius 2 is 2.33 bits per heavy atom. The molecule has 2 fully saturated rings. The Hall–Kier alpha value is -0.770. The van der Waals surface area contributed by atoms with Crippen molar-refractivity contribution in [2.24, 2.45) is 5.41 Å². The second-order valence-electron chi connectivity index (χ2n) is 4.73. The molecule has 0 aromatic rings. The lowest BCUT2D eigenvalue weighted by Crippen LogP contribution is -2.53. The molecule has 2 aliphatic heterocycles. The van der Waals surface area contributed by atoms with Crippen LogP contribution < -0.4 is 5.32 Å². The summed E-state index contributed by atoms with van der Waals surface area (Å²) in [5.74, 6) is 0. The van der Waals surface area contributed by atoms with Gasteiger partial charge in [-0.05, 0) is 32.7 Å². The van der Waals surface area contributed by atoms with Crippen LogP contribution in [0.2, 0.25) is 0 Å². The molecule has 0 aromatic carbocycles. The van der Waals surface area contributed by atoms with Gasteiger partial charge in [-0.2, -0.15) is 0 Å². The molecule has 0 aromatic heterocycles. The molecule has 15 heavy (non-hydrogen) atoms. The zero-order valence-corrected chi connectivity index (χ0v) is 9.58. The third kappa shape index (κ3) is 1.71.